The van der Waals surface area contributed by atoms with Gasteiger partial charge in [0.2, 0.25) is 0 Å². The monoisotopic (exact) mass is 295 g/mol. The second-order valence-corrected chi connectivity index (χ2v) is 7.02. The lowest BCUT2D eigenvalue weighted by Crippen LogP contribution is -2.52. The van der Waals surface area contributed by atoms with Gasteiger partial charge in [-0.05, 0) is 40.5 Å². The van der Waals surface area contributed by atoms with E-state index in [9.17, 15) is 0 Å². The van der Waals surface area contributed by atoms with Crippen LogP contribution < -0.4 is 4.90 Å². The number of rotatable bonds is 2. The van der Waals surface area contributed by atoms with Gasteiger partial charge in [0.05, 0.1) is 11.7 Å². The number of hydrogen-bond acceptors (Lipinski definition) is 4. The molecule has 20 heavy (non-hydrogen) atoms. The lowest BCUT2D eigenvalue weighted by atomic mass is 10.1. The molecule has 0 N–H and O–H groups in total. The van der Waals surface area contributed by atoms with Gasteiger partial charge in [-0.15, -0.1) is 0 Å². The molecule has 2 heterocycles. The van der Waals surface area contributed by atoms with Crippen molar-refractivity contribution in [2.24, 2.45) is 0 Å². The predicted molar refractivity (Wildman–Crippen MR) is 80.6 cm³/mol. The first-order valence-corrected chi connectivity index (χ1v) is 7.70. The normalized spacial score (nSPS) is 25.9. The first kappa shape index (κ1) is 14.1. The molecule has 1 unspecified atom stereocenters. The molecule has 5 heteroatoms. The van der Waals surface area contributed by atoms with Crippen LogP contribution in [0, 0.1) is 6.92 Å². The molecule has 0 bridgehead atoms. The Morgan fingerprint density at radius 2 is 2.00 bits per heavy atom. The van der Waals surface area contributed by atoms with Crippen LogP contribution in [-0.4, -0.2) is 34.8 Å². The molecule has 2 fully saturated rings. The van der Waals surface area contributed by atoms with Crippen LogP contribution in [0.1, 0.15) is 50.9 Å². The van der Waals surface area contributed by atoms with E-state index in [0.717, 1.165) is 30.3 Å². The number of morpholine rings is 1. The molecular weight excluding hydrogens is 274 g/mol. The molecule has 1 aromatic rings. The van der Waals surface area contributed by atoms with Crippen LogP contribution in [0.2, 0.25) is 5.15 Å². The molecule has 1 atom stereocenters. The first-order chi connectivity index (χ1) is 9.35. The van der Waals surface area contributed by atoms with Crippen LogP contribution in [0.25, 0.3) is 0 Å². The Bertz CT molecular complexity index is 528. The Morgan fingerprint density at radius 3 is 2.60 bits per heavy atom. The summed E-state index contributed by atoms with van der Waals surface area (Å²) in [5.41, 5.74) is 0.808. The van der Waals surface area contributed by atoms with Gasteiger partial charge in [-0.3, -0.25) is 0 Å². The summed E-state index contributed by atoms with van der Waals surface area (Å²) in [4.78, 5) is 11.5. The molecule has 0 radical (unpaired) electrons. The summed E-state index contributed by atoms with van der Waals surface area (Å²) < 4.78 is 5.97. The highest BCUT2D eigenvalue weighted by Crippen LogP contribution is 2.40. The zero-order chi connectivity index (χ0) is 14.5. The van der Waals surface area contributed by atoms with Crippen molar-refractivity contribution in [1.82, 2.24) is 9.97 Å². The summed E-state index contributed by atoms with van der Waals surface area (Å²) in [7, 11) is 0. The number of anilines is 1. The maximum absolute atomic E-state index is 6.31. The molecular formula is C15H22ClN3O. The summed E-state index contributed by atoms with van der Waals surface area (Å²) in [6.45, 7) is 10.0. The van der Waals surface area contributed by atoms with Gasteiger partial charge in [-0.1, -0.05) is 11.6 Å². The molecule has 1 saturated heterocycles. The molecule has 110 valence electrons. The van der Waals surface area contributed by atoms with Crippen molar-refractivity contribution in [3.63, 3.8) is 0 Å². The van der Waals surface area contributed by atoms with Gasteiger partial charge in [-0.25, -0.2) is 9.97 Å². The van der Waals surface area contributed by atoms with E-state index in [1.807, 2.05) is 6.92 Å². The first-order valence-electron chi connectivity index (χ1n) is 7.32. The van der Waals surface area contributed by atoms with E-state index in [0.29, 0.717) is 11.1 Å². The quantitative estimate of drug-likeness (QED) is 0.785. The summed E-state index contributed by atoms with van der Waals surface area (Å²) >= 11 is 6.31. The predicted octanol–water partition coefficient (Wildman–Crippen LogP) is 3.32. The van der Waals surface area contributed by atoms with Gasteiger partial charge in [0.15, 0.2) is 0 Å². The summed E-state index contributed by atoms with van der Waals surface area (Å²) in [5, 5.41) is 0.592. The van der Waals surface area contributed by atoms with Crippen LogP contribution in [0.5, 0.6) is 0 Å². The molecule has 0 amide bonds. The highest BCUT2D eigenvalue weighted by atomic mass is 35.5. The van der Waals surface area contributed by atoms with E-state index < -0.39 is 0 Å². The van der Waals surface area contributed by atoms with Crippen molar-refractivity contribution in [3.8, 4) is 0 Å². The van der Waals surface area contributed by atoms with E-state index >= 15 is 0 Å². The molecule has 1 aliphatic heterocycles. The number of halogens is 1. The Labute approximate surface area is 125 Å². The van der Waals surface area contributed by atoms with Crippen LogP contribution >= 0.6 is 11.6 Å². The highest BCUT2D eigenvalue weighted by molar-refractivity contribution is 6.30. The van der Waals surface area contributed by atoms with E-state index in [4.69, 9.17) is 21.3 Å². The fraction of sp³-hybridized carbons (Fsp3) is 0.733. The minimum Gasteiger partial charge on any atom is -0.369 e. The third kappa shape index (κ3) is 2.77. The smallest absolute Gasteiger partial charge is 0.137 e. The van der Waals surface area contributed by atoms with Crippen molar-refractivity contribution in [3.05, 3.63) is 16.5 Å². The molecule has 3 rings (SSSR count). The van der Waals surface area contributed by atoms with Crippen LogP contribution in [0.3, 0.4) is 0 Å². The summed E-state index contributed by atoms with van der Waals surface area (Å²) in [6.07, 6.45) is 2.56. The number of nitrogens with zero attached hydrogens (tertiary/aromatic N) is 3. The Balaban J connectivity index is 1.96. The molecule has 0 aromatic carbocycles. The van der Waals surface area contributed by atoms with Gasteiger partial charge in [0, 0.05) is 24.6 Å². The standard InChI is InChI=1S/C15H22ClN3O/c1-9-7-19(8-15(3,4)20-9)14-10(2)12(16)17-13(18-14)11-5-6-11/h9,11H,5-8H2,1-4H3. The summed E-state index contributed by atoms with van der Waals surface area (Å²) in [6, 6.07) is 0. The minimum atomic E-state index is -0.165. The molecule has 1 aliphatic carbocycles. The fourth-order valence-corrected chi connectivity index (χ4v) is 3.11. The van der Waals surface area contributed by atoms with Crippen LogP contribution in [0.15, 0.2) is 0 Å². The number of aromatic nitrogens is 2. The fourth-order valence-electron chi connectivity index (χ4n) is 2.94. The number of hydrogen-bond donors (Lipinski definition) is 0. The Hall–Kier alpha value is -0.870. The maximum Gasteiger partial charge on any atom is 0.137 e. The third-order valence-electron chi connectivity index (χ3n) is 3.89. The summed E-state index contributed by atoms with van der Waals surface area (Å²) in [5.74, 6) is 2.40. The van der Waals surface area contributed by atoms with E-state index in [2.05, 4.69) is 30.7 Å². The van der Waals surface area contributed by atoms with E-state index in [1.165, 1.54) is 12.8 Å². The van der Waals surface area contributed by atoms with Gasteiger partial charge < -0.3 is 9.64 Å². The molecule has 2 aliphatic rings. The lowest BCUT2D eigenvalue weighted by molar-refractivity contribution is -0.0752. The second-order valence-electron chi connectivity index (χ2n) is 6.66. The van der Waals surface area contributed by atoms with Crippen LogP contribution in [0.4, 0.5) is 5.82 Å². The van der Waals surface area contributed by atoms with Crippen LogP contribution in [-0.2, 0) is 4.74 Å². The second kappa shape index (κ2) is 4.85. The average Bonchev–Trinajstić information content (AvgIpc) is 3.13. The van der Waals surface area contributed by atoms with E-state index in [1.54, 1.807) is 0 Å². The van der Waals surface area contributed by atoms with E-state index in [-0.39, 0.29) is 11.7 Å². The molecule has 0 spiro atoms. The van der Waals surface area contributed by atoms with Crippen molar-refractivity contribution in [2.45, 2.75) is 58.2 Å². The van der Waals surface area contributed by atoms with Crippen molar-refractivity contribution in [1.29, 1.82) is 0 Å². The zero-order valence-corrected chi connectivity index (χ0v) is 13.4. The SMILES string of the molecule is Cc1c(Cl)nc(C2CC2)nc1N1CC(C)OC(C)(C)C1. The molecule has 1 saturated carbocycles. The third-order valence-corrected chi connectivity index (χ3v) is 4.26. The van der Waals surface area contributed by atoms with Gasteiger partial charge >= 0.3 is 0 Å². The van der Waals surface area contributed by atoms with Gasteiger partial charge in [0.25, 0.3) is 0 Å². The largest absolute Gasteiger partial charge is 0.369 e. The maximum atomic E-state index is 6.31. The highest BCUT2D eigenvalue weighted by Gasteiger charge is 2.34. The Morgan fingerprint density at radius 1 is 1.30 bits per heavy atom. The van der Waals surface area contributed by atoms with Gasteiger partial charge in [0.1, 0.15) is 16.8 Å². The molecule has 4 nitrogen and oxygen atoms in total. The topological polar surface area (TPSA) is 38.2 Å². The van der Waals surface area contributed by atoms with Crippen molar-refractivity contribution < 1.29 is 4.74 Å². The van der Waals surface area contributed by atoms with Gasteiger partial charge in [-0.2, -0.15) is 0 Å². The van der Waals surface area contributed by atoms with Crippen molar-refractivity contribution in [2.75, 3.05) is 18.0 Å². The minimum absolute atomic E-state index is 0.165. The van der Waals surface area contributed by atoms with Crippen molar-refractivity contribution >= 4 is 17.4 Å². The average molecular weight is 296 g/mol. The zero-order valence-electron chi connectivity index (χ0n) is 12.6. The lowest BCUT2D eigenvalue weighted by Gasteiger charge is -2.42. The molecule has 1 aromatic heterocycles. The Kier molecular flexibility index (Phi) is 3.41. The number of ether oxygens (including phenoxy) is 1.